The van der Waals surface area contributed by atoms with Gasteiger partial charge in [0.2, 0.25) is 0 Å². The Morgan fingerprint density at radius 3 is 2.63 bits per heavy atom. The van der Waals surface area contributed by atoms with Gasteiger partial charge in [0, 0.05) is 13.0 Å². The number of aliphatic carboxylic acids is 1. The lowest BCUT2D eigenvalue weighted by Gasteiger charge is -2.35. The fraction of sp³-hybridized carbons (Fsp3) is 0.250. The van der Waals surface area contributed by atoms with Crippen molar-refractivity contribution in [3.05, 3.63) is 59.2 Å². The number of amides is 2. The van der Waals surface area contributed by atoms with Gasteiger partial charge in [-0.25, -0.2) is 4.79 Å². The number of nitrogens with one attached hydrogen (secondary N) is 1. The van der Waals surface area contributed by atoms with Gasteiger partial charge in [-0.05, 0) is 30.2 Å². The number of hydrogen-bond donors (Lipinski definition) is 2. The van der Waals surface area contributed by atoms with Crippen LogP contribution in [0.5, 0.6) is 5.75 Å². The minimum atomic E-state index is -1.05. The molecule has 2 aromatic carbocycles. The third-order valence-corrected chi connectivity index (χ3v) is 4.96. The van der Waals surface area contributed by atoms with Gasteiger partial charge in [-0.2, -0.15) is 0 Å². The van der Waals surface area contributed by atoms with Gasteiger partial charge in [-0.15, -0.1) is 0 Å². The van der Waals surface area contributed by atoms with Crippen LogP contribution in [0.3, 0.4) is 0 Å². The summed E-state index contributed by atoms with van der Waals surface area (Å²) in [5.41, 5.74) is 2.51. The Balaban J connectivity index is 1.73. The van der Waals surface area contributed by atoms with E-state index in [1.165, 1.54) is 4.90 Å². The molecule has 2 N–H and O–H groups in total. The Morgan fingerprint density at radius 1 is 1.15 bits per heavy atom. The molecule has 4 rings (SSSR count). The topological polar surface area (TPSA) is 95.9 Å². The summed E-state index contributed by atoms with van der Waals surface area (Å²) in [6, 6.07) is 11.4. The maximum Gasteiger partial charge on any atom is 0.326 e. The third kappa shape index (κ3) is 2.91. The molecule has 2 amide bonds. The Kier molecular flexibility index (Phi) is 4.07. The molecule has 2 atom stereocenters. The van der Waals surface area contributed by atoms with Crippen LogP contribution in [0.25, 0.3) is 0 Å². The number of nitrogens with zero attached hydrogens (tertiary/aromatic N) is 1. The number of anilines is 1. The lowest BCUT2D eigenvalue weighted by molar-refractivity contribution is -0.142. The third-order valence-electron chi connectivity index (χ3n) is 4.96. The van der Waals surface area contributed by atoms with Crippen LogP contribution in [-0.2, 0) is 22.6 Å². The van der Waals surface area contributed by atoms with Crippen molar-refractivity contribution in [2.24, 2.45) is 0 Å². The van der Waals surface area contributed by atoms with Crippen LogP contribution in [0.15, 0.2) is 42.5 Å². The number of carboxylic acid groups (broad SMARTS) is 1. The lowest BCUT2D eigenvalue weighted by atomic mass is 9.93. The molecule has 0 bridgehead atoms. The van der Waals surface area contributed by atoms with Crippen LogP contribution in [0.1, 0.15) is 28.4 Å². The van der Waals surface area contributed by atoms with Gasteiger partial charge in [0.05, 0.1) is 11.3 Å². The van der Waals surface area contributed by atoms with Crippen LogP contribution in [0.4, 0.5) is 5.69 Å². The molecule has 2 heterocycles. The van der Waals surface area contributed by atoms with E-state index in [4.69, 9.17) is 4.74 Å². The zero-order valence-electron chi connectivity index (χ0n) is 14.6. The number of carbonyl (C=O) groups is 3. The van der Waals surface area contributed by atoms with Gasteiger partial charge >= 0.3 is 5.97 Å². The van der Waals surface area contributed by atoms with E-state index in [9.17, 15) is 19.5 Å². The Bertz CT molecular complexity index is 955. The summed E-state index contributed by atoms with van der Waals surface area (Å²) in [6.07, 6.45) is -0.482. The smallest absolute Gasteiger partial charge is 0.326 e. The van der Waals surface area contributed by atoms with E-state index in [2.05, 4.69) is 5.32 Å². The maximum absolute atomic E-state index is 13.3. The number of carbonyl (C=O) groups excluding carboxylic acids is 2. The number of benzene rings is 2. The fourth-order valence-electron chi connectivity index (χ4n) is 3.51. The number of carboxylic acids is 1. The van der Waals surface area contributed by atoms with Gasteiger partial charge in [-0.1, -0.05) is 30.3 Å². The number of hydrogen-bond acceptors (Lipinski definition) is 4. The highest BCUT2D eigenvalue weighted by molar-refractivity contribution is 6.04. The second kappa shape index (κ2) is 6.42. The monoisotopic (exact) mass is 366 g/mol. The summed E-state index contributed by atoms with van der Waals surface area (Å²) in [6.45, 7) is 1.80. The van der Waals surface area contributed by atoms with Crippen LogP contribution < -0.4 is 10.1 Å². The first-order valence-corrected chi connectivity index (χ1v) is 8.67. The molecule has 0 saturated carbocycles. The number of para-hydroxylation sites is 1. The molecule has 27 heavy (non-hydrogen) atoms. The molecule has 0 aromatic heterocycles. The molecule has 0 spiro atoms. The van der Waals surface area contributed by atoms with E-state index in [0.717, 1.165) is 11.1 Å². The highest BCUT2D eigenvalue weighted by Crippen LogP contribution is 2.35. The summed E-state index contributed by atoms with van der Waals surface area (Å²) < 4.78 is 5.65. The second-order valence-electron chi connectivity index (χ2n) is 6.69. The van der Waals surface area contributed by atoms with Crippen LogP contribution in [0, 0.1) is 0 Å². The summed E-state index contributed by atoms with van der Waals surface area (Å²) >= 11 is 0. The zero-order valence-corrected chi connectivity index (χ0v) is 14.6. The van der Waals surface area contributed by atoms with E-state index < -0.39 is 24.0 Å². The van der Waals surface area contributed by atoms with Gasteiger partial charge in [0.25, 0.3) is 11.8 Å². The first-order chi connectivity index (χ1) is 13.0. The van der Waals surface area contributed by atoms with Gasteiger partial charge in [0.15, 0.2) is 11.9 Å². The second-order valence-corrected chi connectivity index (χ2v) is 6.69. The van der Waals surface area contributed by atoms with E-state index in [-0.39, 0.29) is 30.2 Å². The molecule has 0 radical (unpaired) electrons. The van der Waals surface area contributed by atoms with Crippen molar-refractivity contribution in [1.82, 2.24) is 4.90 Å². The van der Waals surface area contributed by atoms with Crippen LogP contribution in [0.2, 0.25) is 0 Å². The van der Waals surface area contributed by atoms with E-state index in [1.807, 2.05) is 24.3 Å². The molecule has 0 fully saturated rings. The molecule has 2 aliphatic heterocycles. The van der Waals surface area contributed by atoms with E-state index in [0.29, 0.717) is 5.69 Å². The average Bonchev–Trinajstić information content (AvgIpc) is 2.67. The van der Waals surface area contributed by atoms with Crippen molar-refractivity contribution in [3.8, 4) is 5.75 Å². The molecule has 0 unspecified atom stereocenters. The minimum Gasteiger partial charge on any atom is -0.480 e. The lowest BCUT2D eigenvalue weighted by Crippen LogP contribution is -2.49. The van der Waals surface area contributed by atoms with Gasteiger partial charge < -0.3 is 20.1 Å². The maximum atomic E-state index is 13.3. The fourth-order valence-corrected chi connectivity index (χ4v) is 3.51. The summed E-state index contributed by atoms with van der Waals surface area (Å²) in [4.78, 5) is 38.2. The molecule has 138 valence electrons. The van der Waals surface area contributed by atoms with Crippen molar-refractivity contribution < 1.29 is 24.2 Å². The van der Waals surface area contributed by atoms with Crippen molar-refractivity contribution in [2.75, 3.05) is 5.32 Å². The highest BCUT2D eigenvalue weighted by Gasteiger charge is 2.37. The Morgan fingerprint density at radius 2 is 1.89 bits per heavy atom. The largest absolute Gasteiger partial charge is 0.480 e. The first kappa shape index (κ1) is 17.1. The van der Waals surface area contributed by atoms with Gasteiger partial charge in [-0.3, -0.25) is 9.59 Å². The Hall–Kier alpha value is -3.35. The first-order valence-electron chi connectivity index (χ1n) is 8.67. The van der Waals surface area contributed by atoms with E-state index >= 15 is 0 Å². The molecule has 2 aromatic rings. The Labute approximate surface area is 155 Å². The summed E-state index contributed by atoms with van der Waals surface area (Å²) in [5.74, 6) is -1.50. The van der Waals surface area contributed by atoms with Crippen LogP contribution in [-0.4, -0.2) is 39.9 Å². The van der Waals surface area contributed by atoms with Crippen molar-refractivity contribution in [1.29, 1.82) is 0 Å². The number of fused-ring (bicyclic) bond motifs is 2. The SMILES string of the molecule is C[C@@H]1Oc2c(cccc2C(=O)N2Cc3ccccc3C[C@H]2C(=O)O)NC1=O. The number of rotatable bonds is 2. The molecule has 0 aliphatic carbocycles. The molecule has 0 saturated heterocycles. The predicted molar refractivity (Wildman–Crippen MR) is 96.6 cm³/mol. The number of ether oxygens (including phenoxy) is 1. The molecule has 7 nitrogen and oxygen atoms in total. The standard InChI is InChI=1S/C20H18N2O5/c1-11-18(23)21-15-8-4-7-14(17(15)27-11)19(24)22-10-13-6-3-2-5-12(13)9-16(22)20(25)26/h2-8,11,16H,9-10H2,1H3,(H,21,23)(H,25,26)/t11-,16-/m0/s1. The van der Waals surface area contributed by atoms with Crippen LogP contribution >= 0.6 is 0 Å². The van der Waals surface area contributed by atoms with Crippen molar-refractivity contribution >= 4 is 23.5 Å². The summed E-state index contributed by atoms with van der Waals surface area (Å²) in [7, 11) is 0. The molecular formula is C20H18N2O5. The quantitative estimate of drug-likeness (QED) is 0.848. The zero-order chi connectivity index (χ0) is 19.1. The molecular weight excluding hydrogens is 348 g/mol. The molecule has 2 aliphatic rings. The molecule has 7 heteroatoms. The summed E-state index contributed by atoms with van der Waals surface area (Å²) in [5, 5.41) is 12.4. The highest BCUT2D eigenvalue weighted by atomic mass is 16.5. The van der Waals surface area contributed by atoms with Gasteiger partial charge in [0.1, 0.15) is 6.04 Å². The average molecular weight is 366 g/mol. The predicted octanol–water partition coefficient (Wildman–Crippen LogP) is 2.06. The van der Waals surface area contributed by atoms with E-state index in [1.54, 1.807) is 25.1 Å². The van der Waals surface area contributed by atoms with Crippen molar-refractivity contribution in [3.63, 3.8) is 0 Å². The minimum absolute atomic E-state index is 0.206. The normalized spacial score (nSPS) is 20.8. The van der Waals surface area contributed by atoms with Crippen molar-refractivity contribution in [2.45, 2.75) is 32.0 Å².